The van der Waals surface area contributed by atoms with E-state index in [4.69, 9.17) is 0 Å². The fourth-order valence-corrected chi connectivity index (χ4v) is 4.51. The molecule has 5 nitrogen and oxygen atoms in total. The van der Waals surface area contributed by atoms with Gasteiger partial charge in [0.2, 0.25) is 5.91 Å². The van der Waals surface area contributed by atoms with Crippen LogP contribution in [0.2, 0.25) is 0 Å². The van der Waals surface area contributed by atoms with Crippen LogP contribution in [0.15, 0.2) is 23.1 Å². The number of nitrogens with one attached hydrogen (secondary N) is 2. The third-order valence-corrected chi connectivity index (χ3v) is 6.93. The van der Waals surface area contributed by atoms with E-state index in [1.807, 2.05) is 12.3 Å². The molecule has 0 aliphatic heterocycles. The predicted octanol–water partition coefficient (Wildman–Crippen LogP) is 7.33. The second-order valence-electron chi connectivity index (χ2n) is 9.24. The zero-order valence-electron chi connectivity index (χ0n) is 21.8. The molecule has 0 aromatic heterocycles. The van der Waals surface area contributed by atoms with Crippen molar-refractivity contribution in [1.29, 1.82) is 0 Å². The summed E-state index contributed by atoms with van der Waals surface area (Å²) in [5.41, 5.74) is 1.23. The number of thioether (sulfide) groups is 1. The van der Waals surface area contributed by atoms with Gasteiger partial charge in [0, 0.05) is 23.4 Å². The molecule has 1 unspecified atom stereocenters. The first kappa shape index (κ1) is 30.5. The summed E-state index contributed by atoms with van der Waals surface area (Å²) in [4.78, 5) is 25.8. The minimum Gasteiger partial charge on any atom is -0.393 e. The van der Waals surface area contributed by atoms with Crippen LogP contribution >= 0.6 is 11.8 Å². The van der Waals surface area contributed by atoms with Crippen molar-refractivity contribution in [1.82, 2.24) is 5.32 Å². The van der Waals surface area contributed by atoms with Crippen molar-refractivity contribution in [2.75, 3.05) is 18.1 Å². The number of carbonyl (C=O) groups is 2. The molecule has 34 heavy (non-hydrogen) atoms. The second-order valence-corrected chi connectivity index (χ2v) is 10.1. The van der Waals surface area contributed by atoms with Gasteiger partial charge in [-0.3, -0.25) is 9.59 Å². The van der Waals surface area contributed by atoms with Crippen LogP contribution < -0.4 is 10.6 Å². The van der Waals surface area contributed by atoms with Gasteiger partial charge in [0.25, 0.3) is 5.91 Å². The van der Waals surface area contributed by atoms with E-state index in [0.29, 0.717) is 37.1 Å². The van der Waals surface area contributed by atoms with Gasteiger partial charge in [0.15, 0.2) is 0 Å². The maximum atomic E-state index is 12.5. The van der Waals surface area contributed by atoms with Gasteiger partial charge < -0.3 is 15.7 Å². The molecular weight excluding hydrogens is 444 g/mol. The molecule has 6 heteroatoms. The van der Waals surface area contributed by atoms with E-state index in [0.717, 1.165) is 30.6 Å². The van der Waals surface area contributed by atoms with Gasteiger partial charge in [0.05, 0.1) is 11.8 Å². The van der Waals surface area contributed by atoms with Gasteiger partial charge in [-0.1, -0.05) is 78.1 Å². The minimum absolute atomic E-state index is 0.0749. The zero-order valence-corrected chi connectivity index (χ0v) is 22.6. The molecule has 0 heterocycles. The standard InChI is InChI=1S/C28H48N2O3S/c1-4-6-8-9-10-11-12-13-14-16-24(31)17-15-18-27(32)30-25-22-23(19-20-26(25)34-3)28(33)29-21-7-5-2/h19-20,22,24,31H,4-18,21H2,1-3H3,(H,29,33)(H,30,32). The predicted molar refractivity (Wildman–Crippen MR) is 146 cm³/mol. The number of carbonyl (C=O) groups excluding carboxylic acids is 2. The smallest absolute Gasteiger partial charge is 0.251 e. The van der Waals surface area contributed by atoms with Gasteiger partial charge in [-0.25, -0.2) is 0 Å². The maximum absolute atomic E-state index is 12.5. The summed E-state index contributed by atoms with van der Waals surface area (Å²) in [6.45, 7) is 4.99. The number of rotatable bonds is 20. The number of aliphatic hydroxyl groups excluding tert-OH is 1. The van der Waals surface area contributed by atoms with Crippen molar-refractivity contribution in [3.05, 3.63) is 23.8 Å². The largest absolute Gasteiger partial charge is 0.393 e. The number of amides is 2. The zero-order chi connectivity index (χ0) is 25.0. The number of hydrogen-bond acceptors (Lipinski definition) is 4. The Morgan fingerprint density at radius 3 is 2.15 bits per heavy atom. The average molecular weight is 493 g/mol. The molecule has 0 fully saturated rings. The van der Waals surface area contributed by atoms with E-state index in [2.05, 4.69) is 24.5 Å². The van der Waals surface area contributed by atoms with Crippen LogP contribution in [0.25, 0.3) is 0 Å². The molecule has 0 bridgehead atoms. The minimum atomic E-state index is -0.325. The molecule has 1 aromatic rings. The third kappa shape index (κ3) is 14.0. The van der Waals surface area contributed by atoms with Gasteiger partial charge in [-0.2, -0.15) is 0 Å². The Bertz CT molecular complexity index is 696. The molecule has 0 aliphatic carbocycles. The Morgan fingerprint density at radius 1 is 0.882 bits per heavy atom. The lowest BCUT2D eigenvalue weighted by molar-refractivity contribution is -0.116. The highest BCUT2D eigenvalue weighted by Gasteiger charge is 2.12. The van der Waals surface area contributed by atoms with Crippen molar-refractivity contribution < 1.29 is 14.7 Å². The Labute approximate surface area is 212 Å². The molecule has 0 saturated heterocycles. The molecule has 1 rings (SSSR count). The normalized spacial score (nSPS) is 11.9. The Morgan fingerprint density at radius 2 is 1.50 bits per heavy atom. The van der Waals surface area contributed by atoms with Gasteiger partial charge in [-0.05, 0) is 50.1 Å². The molecular formula is C28H48N2O3S. The highest BCUT2D eigenvalue weighted by atomic mass is 32.2. The van der Waals surface area contributed by atoms with Crippen molar-refractivity contribution in [2.24, 2.45) is 0 Å². The summed E-state index contributed by atoms with van der Waals surface area (Å²) in [6, 6.07) is 5.43. The van der Waals surface area contributed by atoms with E-state index in [1.54, 1.807) is 23.9 Å². The van der Waals surface area contributed by atoms with Crippen molar-refractivity contribution in [3.8, 4) is 0 Å². The topological polar surface area (TPSA) is 78.4 Å². The lowest BCUT2D eigenvalue weighted by Crippen LogP contribution is -2.24. The Hall–Kier alpha value is -1.53. The van der Waals surface area contributed by atoms with Crippen molar-refractivity contribution in [3.63, 3.8) is 0 Å². The van der Waals surface area contributed by atoms with Crippen LogP contribution in [-0.2, 0) is 4.79 Å². The molecule has 194 valence electrons. The lowest BCUT2D eigenvalue weighted by Gasteiger charge is -2.13. The first-order valence-electron chi connectivity index (χ1n) is 13.5. The first-order valence-corrected chi connectivity index (χ1v) is 14.7. The van der Waals surface area contributed by atoms with Gasteiger partial charge in [-0.15, -0.1) is 11.8 Å². The fourth-order valence-electron chi connectivity index (χ4n) is 3.97. The molecule has 0 radical (unpaired) electrons. The molecule has 0 saturated carbocycles. The number of benzene rings is 1. The van der Waals surface area contributed by atoms with Crippen LogP contribution in [-0.4, -0.2) is 35.8 Å². The SMILES string of the molecule is CCCCCCCCCCCC(O)CCCC(=O)Nc1cc(C(=O)NCCCC)ccc1SC. The highest BCUT2D eigenvalue weighted by Crippen LogP contribution is 2.27. The number of hydrogen-bond donors (Lipinski definition) is 3. The Balaban J connectivity index is 2.28. The van der Waals surface area contributed by atoms with Crippen LogP contribution in [0.3, 0.4) is 0 Å². The van der Waals surface area contributed by atoms with Crippen LogP contribution in [0.1, 0.15) is 121 Å². The highest BCUT2D eigenvalue weighted by molar-refractivity contribution is 7.98. The molecule has 3 N–H and O–H groups in total. The summed E-state index contributed by atoms with van der Waals surface area (Å²) in [7, 11) is 0. The summed E-state index contributed by atoms with van der Waals surface area (Å²) < 4.78 is 0. The number of unbranched alkanes of at least 4 members (excludes halogenated alkanes) is 9. The second kappa shape index (κ2) is 19.7. The van der Waals surface area contributed by atoms with E-state index < -0.39 is 0 Å². The average Bonchev–Trinajstić information content (AvgIpc) is 2.83. The molecule has 0 aliphatic rings. The van der Waals surface area contributed by atoms with Crippen LogP contribution in [0, 0.1) is 0 Å². The van der Waals surface area contributed by atoms with Gasteiger partial charge in [0.1, 0.15) is 0 Å². The number of aliphatic hydroxyl groups is 1. The summed E-state index contributed by atoms with van der Waals surface area (Å²) in [5, 5.41) is 16.1. The Kier molecular flexibility index (Phi) is 17.7. The quantitative estimate of drug-likeness (QED) is 0.131. The van der Waals surface area contributed by atoms with Crippen molar-refractivity contribution >= 4 is 29.3 Å². The van der Waals surface area contributed by atoms with E-state index in [9.17, 15) is 14.7 Å². The van der Waals surface area contributed by atoms with E-state index in [-0.39, 0.29) is 17.9 Å². The monoisotopic (exact) mass is 492 g/mol. The van der Waals surface area contributed by atoms with E-state index >= 15 is 0 Å². The van der Waals surface area contributed by atoms with Crippen LogP contribution in [0.5, 0.6) is 0 Å². The van der Waals surface area contributed by atoms with Crippen LogP contribution in [0.4, 0.5) is 5.69 Å². The summed E-state index contributed by atoms with van der Waals surface area (Å²) >= 11 is 1.54. The number of anilines is 1. The van der Waals surface area contributed by atoms with Gasteiger partial charge >= 0.3 is 0 Å². The van der Waals surface area contributed by atoms with Crippen molar-refractivity contribution in [2.45, 2.75) is 121 Å². The maximum Gasteiger partial charge on any atom is 0.251 e. The summed E-state index contributed by atoms with van der Waals surface area (Å²) in [5.74, 6) is -0.190. The molecule has 1 atom stereocenters. The molecule has 0 spiro atoms. The fraction of sp³-hybridized carbons (Fsp3) is 0.714. The van der Waals surface area contributed by atoms with E-state index in [1.165, 1.54) is 51.4 Å². The molecule has 1 aromatic carbocycles. The third-order valence-electron chi connectivity index (χ3n) is 6.13. The summed E-state index contributed by atoms with van der Waals surface area (Å²) in [6.07, 6.45) is 17.6. The first-order chi connectivity index (χ1) is 16.5. The molecule has 2 amide bonds. The lowest BCUT2D eigenvalue weighted by atomic mass is 10.0.